The molecule has 12 heteroatoms. The fourth-order valence-corrected chi connectivity index (χ4v) is 5.92. The van der Waals surface area contributed by atoms with Gasteiger partial charge in [-0.2, -0.15) is 0 Å². The van der Waals surface area contributed by atoms with Crippen LogP contribution in [0, 0.1) is 12.3 Å². The number of nitrogen functional groups attached to an aromatic ring is 1. The Kier molecular flexibility index (Phi) is 7.43. The van der Waals surface area contributed by atoms with Gasteiger partial charge in [0.25, 0.3) is 0 Å². The first kappa shape index (κ1) is 26.2. The van der Waals surface area contributed by atoms with Gasteiger partial charge in [-0.3, -0.25) is 9.05 Å². The summed E-state index contributed by atoms with van der Waals surface area (Å²) in [7, 11) is -4.08. The topological polar surface area (TPSA) is 131 Å². The second-order valence-corrected chi connectivity index (χ2v) is 11.4. The third kappa shape index (κ3) is 5.27. The lowest BCUT2D eigenvalue weighted by Crippen LogP contribution is -2.34. The number of hydrogen-bond donors (Lipinski definition) is 2. The van der Waals surface area contributed by atoms with Crippen molar-refractivity contribution in [2.45, 2.75) is 40.3 Å². The summed E-state index contributed by atoms with van der Waals surface area (Å²) in [5.74, 6) is -0.812. The van der Waals surface area contributed by atoms with E-state index in [1.165, 1.54) is 0 Å². The number of nitrogens with two attached hydrogens (primary N) is 1. The van der Waals surface area contributed by atoms with Crippen LogP contribution in [0.3, 0.4) is 0 Å². The molecule has 3 heterocycles. The summed E-state index contributed by atoms with van der Waals surface area (Å²) in [6.07, 6.45) is 1.02. The third-order valence-corrected chi connectivity index (χ3v) is 7.72. The number of ether oxygens (including phenoxy) is 1. The Morgan fingerprint density at radius 2 is 2.03 bits per heavy atom. The first-order chi connectivity index (χ1) is 17.0. The van der Waals surface area contributed by atoms with Gasteiger partial charge in [-0.25, -0.2) is 14.3 Å². The Hall–Kier alpha value is -2.91. The number of rotatable bonds is 7. The highest BCUT2D eigenvalue weighted by Gasteiger charge is 2.48. The largest absolute Gasteiger partial charge is 0.462 e. The van der Waals surface area contributed by atoms with E-state index in [1.54, 1.807) is 25.3 Å². The molecule has 1 aromatic carbocycles. The van der Waals surface area contributed by atoms with Gasteiger partial charge in [0, 0.05) is 18.2 Å². The van der Waals surface area contributed by atoms with Crippen molar-refractivity contribution in [3.63, 3.8) is 0 Å². The number of carbonyl (C=O) groups excluding carboxylic acids is 1. The molecular formula is C24H29ClN5O5P. The average Bonchev–Trinajstić information content (AvgIpc) is 3.18. The van der Waals surface area contributed by atoms with Crippen molar-refractivity contribution in [2.75, 3.05) is 24.3 Å². The number of pyridine rings is 1. The lowest BCUT2D eigenvalue weighted by molar-refractivity contribution is -0.0304. The molecule has 0 bridgehead atoms. The van der Waals surface area contributed by atoms with Crippen LogP contribution in [0.15, 0.2) is 42.6 Å². The molecule has 1 aliphatic heterocycles. The number of nitrogens with zero attached hydrogens (tertiary/aromatic N) is 3. The van der Waals surface area contributed by atoms with Crippen LogP contribution in [0.1, 0.15) is 53.9 Å². The van der Waals surface area contributed by atoms with Gasteiger partial charge in [0.05, 0.1) is 13.2 Å². The Morgan fingerprint density at radius 1 is 1.31 bits per heavy atom. The van der Waals surface area contributed by atoms with Gasteiger partial charge in [0.2, 0.25) is 0 Å². The van der Waals surface area contributed by atoms with Gasteiger partial charge >= 0.3 is 13.7 Å². The lowest BCUT2D eigenvalue weighted by atomic mass is 9.83. The maximum atomic E-state index is 14.0. The van der Waals surface area contributed by atoms with E-state index >= 15 is 0 Å². The molecular weight excluding hydrogens is 505 g/mol. The van der Waals surface area contributed by atoms with Crippen molar-refractivity contribution in [1.82, 2.24) is 14.5 Å². The molecule has 192 valence electrons. The van der Waals surface area contributed by atoms with Crippen LogP contribution in [0.2, 0.25) is 5.15 Å². The van der Waals surface area contributed by atoms with E-state index in [0.29, 0.717) is 5.15 Å². The van der Waals surface area contributed by atoms with E-state index in [4.69, 9.17) is 31.1 Å². The number of hydrogen-bond acceptors (Lipinski definition) is 9. The minimum atomic E-state index is -4.08. The Morgan fingerprint density at radius 3 is 2.67 bits per heavy atom. The molecule has 1 aliphatic rings. The average molecular weight is 534 g/mol. The van der Waals surface area contributed by atoms with Crippen molar-refractivity contribution < 1.29 is 23.1 Å². The molecule has 1 saturated heterocycles. The van der Waals surface area contributed by atoms with E-state index in [9.17, 15) is 9.36 Å². The van der Waals surface area contributed by atoms with Crippen molar-refractivity contribution in [2.24, 2.45) is 5.41 Å². The number of anilines is 2. The summed E-state index contributed by atoms with van der Waals surface area (Å²) in [6, 6.07) is 11.2. The van der Waals surface area contributed by atoms with Crippen molar-refractivity contribution >= 4 is 37.0 Å². The first-order valence-corrected chi connectivity index (χ1v) is 13.3. The van der Waals surface area contributed by atoms with Gasteiger partial charge in [-0.1, -0.05) is 61.3 Å². The molecule has 2 atom stereocenters. The third-order valence-electron chi connectivity index (χ3n) is 5.79. The highest BCUT2D eigenvalue weighted by molar-refractivity contribution is 7.52. The first-order valence-electron chi connectivity index (χ1n) is 11.4. The molecule has 3 N–H and O–H groups in total. The van der Waals surface area contributed by atoms with Gasteiger partial charge < -0.3 is 15.8 Å². The zero-order valence-electron chi connectivity index (χ0n) is 20.5. The molecule has 10 nitrogen and oxygen atoms in total. The summed E-state index contributed by atoms with van der Waals surface area (Å²) >= 11 is 5.86. The van der Waals surface area contributed by atoms with Gasteiger partial charge in [0.15, 0.2) is 5.82 Å². The number of esters is 1. The molecule has 36 heavy (non-hydrogen) atoms. The minimum absolute atomic E-state index is 0.0575. The highest BCUT2D eigenvalue weighted by Crippen LogP contribution is 2.62. The second kappa shape index (κ2) is 10.2. The molecule has 0 saturated carbocycles. The summed E-state index contributed by atoms with van der Waals surface area (Å²) in [5.41, 5.74) is 8.48. The van der Waals surface area contributed by atoms with Crippen LogP contribution in [0.25, 0.3) is 0 Å². The zero-order valence-corrected chi connectivity index (χ0v) is 22.2. The predicted octanol–water partition coefficient (Wildman–Crippen LogP) is 5.38. The summed E-state index contributed by atoms with van der Waals surface area (Å²) in [6.45, 7) is 8.08. The maximum Gasteiger partial charge on any atom is 0.457 e. The minimum Gasteiger partial charge on any atom is -0.462 e. The number of carbonyl (C=O) groups is 1. The van der Waals surface area contributed by atoms with Crippen LogP contribution in [-0.4, -0.2) is 33.7 Å². The quantitative estimate of drug-likeness (QED) is 0.233. The molecule has 0 aliphatic carbocycles. The number of benzene rings is 1. The van der Waals surface area contributed by atoms with Crippen LogP contribution in [0.4, 0.5) is 11.6 Å². The Labute approximate surface area is 214 Å². The molecule has 2 aromatic heterocycles. The second-order valence-electron chi connectivity index (χ2n) is 9.19. The summed E-state index contributed by atoms with van der Waals surface area (Å²) in [5, 5.41) is 7.75. The fraction of sp³-hybridized carbons (Fsp3) is 0.375. The molecule has 0 unspecified atom stereocenters. The van der Waals surface area contributed by atoms with E-state index in [0.717, 1.165) is 21.1 Å². The van der Waals surface area contributed by atoms with Crippen LogP contribution in [-0.2, 0) is 24.9 Å². The van der Waals surface area contributed by atoms with Crippen molar-refractivity contribution in [3.8, 4) is 0 Å². The number of aromatic nitrogens is 3. The normalized spacial score (nSPS) is 21.2. The van der Waals surface area contributed by atoms with E-state index in [1.807, 2.05) is 45.0 Å². The van der Waals surface area contributed by atoms with Gasteiger partial charge in [-0.05, 0) is 31.0 Å². The van der Waals surface area contributed by atoms with E-state index in [2.05, 4.69) is 15.4 Å². The van der Waals surface area contributed by atoms with Crippen LogP contribution >= 0.6 is 19.3 Å². The Bertz CT molecular complexity index is 1290. The van der Waals surface area contributed by atoms with Gasteiger partial charge in [-0.15, -0.1) is 9.55 Å². The Balaban J connectivity index is 1.70. The highest BCUT2D eigenvalue weighted by atomic mass is 35.5. The molecule has 0 spiro atoms. The molecule has 0 amide bonds. The summed E-state index contributed by atoms with van der Waals surface area (Å²) in [4.78, 5) is 16.8. The molecule has 4 rings (SSSR count). The van der Waals surface area contributed by atoms with Crippen LogP contribution in [0.5, 0.6) is 0 Å². The predicted molar refractivity (Wildman–Crippen MR) is 137 cm³/mol. The zero-order chi connectivity index (χ0) is 26.1. The van der Waals surface area contributed by atoms with E-state index < -0.39 is 25.2 Å². The SMILES string of the molecule is CCOC(=O)c1c(NCc2ccc(Cl)nc2)nn([P@]2(=O)OCC(C)(C)[C@H](c3ccc(C)cc3)O2)c1N. The van der Waals surface area contributed by atoms with Gasteiger partial charge in [0.1, 0.15) is 22.6 Å². The standard InChI is InChI=1S/C24H29ClN5O5P/c1-5-33-23(31)19-21(26)30(29-22(19)28-13-16-8-11-18(25)27-12-16)36(32)34-14-24(3,4)20(35-36)17-9-6-15(2)7-10-17/h6-12,20H,5,13-14,26H2,1-4H3,(H,28,29)/t20-,36-/m0/s1. The molecule has 3 aromatic rings. The van der Waals surface area contributed by atoms with Crippen LogP contribution < -0.4 is 11.1 Å². The fourth-order valence-electron chi connectivity index (χ4n) is 3.81. The monoisotopic (exact) mass is 533 g/mol. The van der Waals surface area contributed by atoms with Crippen molar-refractivity contribution in [1.29, 1.82) is 0 Å². The number of aryl methyl sites for hydroxylation is 1. The molecule has 1 fully saturated rings. The number of nitrogens with one attached hydrogen (secondary N) is 1. The van der Waals surface area contributed by atoms with Crippen molar-refractivity contribution in [3.05, 3.63) is 70.0 Å². The summed E-state index contributed by atoms with van der Waals surface area (Å²) < 4.78 is 32.0. The smallest absolute Gasteiger partial charge is 0.457 e. The lowest BCUT2D eigenvalue weighted by Gasteiger charge is -2.41. The van der Waals surface area contributed by atoms with E-state index in [-0.39, 0.29) is 37.0 Å². The maximum absolute atomic E-state index is 14.0. The number of halogens is 1. The molecule has 0 radical (unpaired) electrons.